The highest BCUT2D eigenvalue weighted by Gasteiger charge is 2.32. The number of esters is 1. The van der Waals surface area contributed by atoms with Crippen LogP contribution in [0.5, 0.6) is 0 Å². The number of carboxylic acid groups (broad SMARTS) is 1. The number of carboxylic acids is 1. The van der Waals surface area contributed by atoms with Gasteiger partial charge in [-0.25, -0.2) is 0 Å². The van der Waals surface area contributed by atoms with E-state index in [9.17, 15) is 14.2 Å². The van der Waals surface area contributed by atoms with Crippen LogP contribution in [0.2, 0.25) is 0 Å². The second-order valence-electron chi connectivity index (χ2n) is 7.21. The Morgan fingerprint density at radius 3 is 2.00 bits per heavy atom. The lowest BCUT2D eigenvalue weighted by molar-refractivity contribution is -0.160. The molecule has 0 radical (unpaired) electrons. The molecular formula is C15H28O6P+. The maximum Gasteiger partial charge on any atom is 0.508 e. The summed E-state index contributed by atoms with van der Waals surface area (Å²) in [6.07, 6.45) is 0.535. The molecule has 0 saturated carbocycles. The van der Waals surface area contributed by atoms with Crippen molar-refractivity contribution in [3.8, 4) is 0 Å². The molecule has 0 aliphatic rings. The molecule has 0 aliphatic heterocycles. The molecule has 0 amide bonds. The van der Waals surface area contributed by atoms with Crippen LogP contribution in [0.25, 0.3) is 0 Å². The predicted molar refractivity (Wildman–Crippen MR) is 84.1 cm³/mol. The molecule has 0 fully saturated rings. The number of hydrogen-bond acceptors (Lipinski definition) is 5. The van der Waals surface area contributed by atoms with E-state index in [-0.39, 0.29) is 25.4 Å². The minimum Gasteiger partial charge on any atom is -0.481 e. The van der Waals surface area contributed by atoms with E-state index in [2.05, 4.69) is 0 Å². The van der Waals surface area contributed by atoms with Crippen molar-refractivity contribution in [2.24, 2.45) is 5.92 Å². The van der Waals surface area contributed by atoms with Crippen LogP contribution in [-0.4, -0.2) is 34.4 Å². The smallest absolute Gasteiger partial charge is 0.481 e. The molecule has 0 bridgehead atoms. The zero-order chi connectivity index (χ0) is 17.6. The highest BCUT2D eigenvalue weighted by atomic mass is 31.1. The fraction of sp³-hybridized carbons (Fsp3) is 0.867. The third-order valence-corrected chi connectivity index (χ3v) is 3.86. The lowest BCUT2D eigenvalue weighted by atomic mass is 10.00. The van der Waals surface area contributed by atoms with Gasteiger partial charge in [-0.1, -0.05) is 0 Å². The van der Waals surface area contributed by atoms with Crippen LogP contribution in [0.15, 0.2) is 0 Å². The van der Waals surface area contributed by atoms with Crippen LogP contribution < -0.4 is 0 Å². The molecule has 0 aromatic carbocycles. The minimum absolute atomic E-state index is 0.124. The number of carbonyl (C=O) groups is 2. The van der Waals surface area contributed by atoms with E-state index in [1.165, 1.54) is 0 Å². The van der Waals surface area contributed by atoms with Crippen molar-refractivity contribution in [3.05, 3.63) is 0 Å². The van der Waals surface area contributed by atoms with Gasteiger partial charge in [-0.3, -0.25) is 9.59 Å². The van der Waals surface area contributed by atoms with Gasteiger partial charge in [0.05, 0.1) is 5.92 Å². The van der Waals surface area contributed by atoms with Crippen molar-refractivity contribution in [3.63, 3.8) is 0 Å². The first-order chi connectivity index (χ1) is 9.80. The van der Waals surface area contributed by atoms with Crippen molar-refractivity contribution in [2.75, 3.05) is 6.16 Å². The molecule has 1 N–H and O–H groups in total. The zero-order valence-corrected chi connectivity index (χ0v) is 15.2. The van der Waals surface area contributed by atoms with Gasteiger partial charge in [0, 0.05) is 12.8 Å². The third-order valence-electron chi connectivity index (χ3n) is 2.48. The van der Waals surface area contributed by atoms with Crippen LogP contribution in [0.1, 0.15) is 60.8 Å². The van der Waals surface area contributed by atoms with Gasteiger partial charge >= 0.3 is 20.0 Å². The van der Waals surface area contributed by atoms with Gasteiger partial charge in [-0.15, -0.1) is 4.52 Å². The molecule has 0 spiro atoms. The molecule has 6 nitrogen and oxygen atoms in total. The number of ether oxygens (including phenoxy) is 1. The summed E-state index contributed by atoms with van der Waals surface area (Å²) in [4.78, 5) is 22.8. The molecule has 0 heterocycles. The van der Waals surface area contributed by atoms with Crippen molar-refractivity contribution in [2.45, 2.75) is 72.0 Å². The van der Waals surface area contributed by atoms with E-state index in [1.807, 2.05) is 0 Å². The van der Waals surface area contributed by atoms with E-state index < -0.39 is 37.1 Å². The quantitative estimate of drug-likeness (QED) is 0.536. The summed E-state index contributed by atoms with van der Waals surface area (Å²) in [5.41, 5.74) is -1.15. The maximum absolute atomic E-state index is 12.1. The van der Waals surface area contributed by atoms with Crippen molar-refractivity contribution < 1.29 is 28.5 Å². The van der Waals surface area contributed by atoms with E-state index in [0.29, 0.717) is 0 Å². The number of rotatable bonds is 8. The van der Waals surface area contributed by atoms with Gasteiger partial charge in [0.2, 0.25) is 0 Å². The van der Waals surface area contributed by atoms with Gasteiger partial charge in [0.1, 0.15) is 11.2 Å². The van der Waals surface area contributed by atoms with Crippen molar-refractivity contribution in [1.82, 2.24) is 0 Å². The third kappa shape index (κ3) is 11.6. The molecule has 0 aliphatic carbocycles. The summed E-state index contributed by atoms with van der Waals surface area (Å²) >= 11 is 0. The topological polar surface area (TPSA) is 89.9 Å². The minimum atomic E-state index is -1.89. The van der Waals surface area contributed by atoms with Crippen LogP contribution >= 0.6 is 8.03 Å². The van der Waals surface area contributed by atoms with E-state index in [0.717, 1.165) is 0 Å². The molecule has 2 unspecified atom stereocenters. The van der Waals surface area contributed by atoms with Crippen LogP contribution in [0.3, 0.4) is 0 Å². The Hall–Kier alpha value is -1.00. The fourth-order valence-electron chi connectivity index (χ4n) is 1.68. The predicted octanol–water partition coefficient (Wildman–Crippen LogP) is 3.76. The van der Waals surface area contributed by atoms with Gasteiger partial charge in [0.15, 0.2) is 6.16 Å². The van der Waals surface area contributed by atoms with E-state index in [4.69, 9.17) is 14.4 Å². The summed E-state index contributed by atoms with van der Waals surface area (Å²) in [6.45, 7) is 10.7. The highest BCUT2D eigenvalue weighted by Crippen LogP contribution is 2.32. The normalized spacial score (nSPS) is 14.4. The second-order valence-corrected chi connectivity index (χ2v) is 8.51. The average Bonchev–Trinajstić information content (AvgIpc) is 2.23. The SMILES string of the molecule is CC(C)(C)OC(=O)C(CCC(=O)O)CC[P+](=O)OC(C)(C)C. The highest BCUT2D eigenvalue weighted by molar-refractivity contribution is 7.39. The zero-order valence-electron chi connectivity index (χ0n) is 14.3. The summed E-state index contributed by atoms with van der Waals surface area (Å²) < 4.78 is 22.5. The summed E-state index contributed by atoms with van der Waals surface area (Å²) in [5, 5.41) is 8.77. The molecule has 7 heteroatoms. The van der Waals surface area contributed by atoms with E-state index >= 15 is 0 Å². The van der Waals surface area contributed by atoms with Crippen LogP contribution in [0.4, 0.5) is 0 Å². The fourth-order valence-corrected chi connectivity index (χ4v) is 2.90. The van der Waals surface area contributed by atoms with Gasteiger partial charge < -0.3 is 9.84 Å². The molecule has 2 atom stereocenters. The van der Waals surface area contributed by atoms with Crippen LogP contribution in [-0.2, 0) is 23.4 Å². The maximum atomic E-state index is 12.1. The second kappa shape index (κ2) is 8.59. The first kappa shape index (κ1) is 21.0. The molecule has 0 rings (SSSR count). The molecule has 0 aromatic heterocycles. The van der Waals surface area contributed by atoms with Crippen LogP contribution in [0, 0.1) is 5.92 Å². The summed E-state index contributed by atoms with van der Waals surface area (Å²) in [7, 11) is -1.89. The number of hydrogen-bond donors (Lipinski definition) is 1. The first-order valence-corrected chi connectivity index (χ1v) is 8.75. The van der Waals surface area contributed by atoms with Gasteiger partial charge in [-0.05, 0) is 52.5 Å². The average molecular weight is 335 g/mol. The number of aliphatic carboxylic acids is 1. The largest absolute Gasteiger partial charge is 0.508 e. The molecular weight excluding hydrogens is 307 g/mol. The first-order valence-electron chi connectivity index (χ1n) is 7.38. The van der Waals surface area contributed by atoms with Crippen molar-refractivity contribution in [1.29, 1.82) is 0 Å². The Labute approximate surface area is 133 Å². The Kier molecular flexibility index (Phi) is 8.19. The molecule has 0 aromatic rings. The van der Waals surface area contributed by atoms with E-state index in [1.54, 1.807) is 41.5 Å². The van der Waals surface area contributed by atoms with Gasteiger partial charge in [-0.2, -0.15) is 0 Å². The monoisotopic (exact) mass is 335 g/mol. The molecule has 22 heavy (non-hydrogen) atoms. The number of carbonyl (C=O) groups excluding carboxylic acids is 1. The Balaban J connectivity index is 4.63. The lowest BCUT2D eigenvalue weighted by Gasteiger charge is -2.23. The molecule has 128 valence electrons. The van der Waals surface area contributed by atoms with Crippen molar-refractivity contribution >= 4 is 20.0 Å². The standard InChI is InChI=1S/C15H27O6P/c1-14(2,3)20-13(18)11(7-8-12(16)17)9-10-22(19)21-15(4,5)6/h11H,7-10H2,1-6H3/p+1. The Morgan fingerprint density at radius 2 is 1.59 bits per heavy atom. The Bertz CT molecular complexity index is 405. The lowest BCUT2D eigenvalue weighted by Crippen LogP contribution is -2.29. The summed E-state index contributed by atoms with van der Waals surface area (Å²) in [6, 6.07) is 0. The molecule has 0 saturated heterocycles. The Morgan fingerprint density at radius 1 is 1.05 bits per heavy atom. The summed E-state index contributed by atoms with van der Waals surface area (Å²) in [5.74, 6) is -2.00. The van der Waals surface area contributed by atoms with Gasteiger partial charge in [0.25, 0.3) is 0 Å².